The van der Waals surface area contributed by atoms with Crippen molar-refractivity contribution in [1.82, 2.24) is 4.31 Å². The Balaban J connectivity index is 2.18. The zero-order valence-corrected chi connectivity index (χ0v) is 15.6. The van der Waals surface area contributed by atoms with E-state index in [9.17, 15) is 17.6 Å². The van der Waals surface area contributed by atoms with Crippen LogP contribution in [0.3, 0.4) is 0 Å². The van der Waals surface area contributed by atoms with E-state index in [4.69, 9.17) is 4.74 Å². The fourth-order valence-electron chi connectivity index (χ4n) is 2.39. The van der Waals surface area contributed by atoms with Gasteiger partial charge < -0.3 is 10.1 Å². The van der Waals surface area contributed by atoms with Crippen LogP contribution in [0, 0.1) is 12.7 Å². The van der Waals surface area contributed by atoms with Gasteiger partial charge in [-0.15, -0.1) is 0 Å². The number of ether oxygens (including phenoxy) is 1. The van der Waals surface area contributed by atoms with Crippen molar-refractivity contribution >= 4 is 21.6 Å². The maximum Gasteiger partial charge on any atom is 0.243 e. The Bertz CT molecular complexity index is 883. The van der Waals surface area contributed by atoms with Crippen LogP contribution in [0.25, 0.3) is 0 Å². The summed E-state index contributed by atoms with van der Waals surface area (Å²) in [7, 11) is -2.42. The molecule has 8 heteroatoms. The first-order chi connectivity index (χ1) is 12.3. The molecule has 2 aromatic carbocycles. The fraction of sp³-hybridized carbons (Fsp3) is 0.278. The first-order valence-electron chi connectivity index (χ1n) is 7.98. The van der Waals surface area contributed by atoms with Gasteiger partial charge in [0.1, 0.15) is 11.6 Å². The molecule has 0 atom stereocenters. The van der Waals surface area contributed by atoms with Crippen LogP contribution < -0.4 is 10.1 Å². The van der Waals surface area contributed by atoms with E-state index in [-0.39, 0.29) is 18.0 Å². The lowest BCUT2D eigenvalue weighted by molar-refractivity contribution is -0.116. The summed E-state index contributed by atoms with van der Waals surface area (Å²) in [6, 6.07) is 9.78. The van der Waals surface area contributed by atoms with Gasteiger partial charge in [-0.2, -0.15) is 4.31 Å². The van der Waals surface area contributed by atoms with Gasteiger partial charge in [0.15, 0.2) is 0 Å². The number of methoxy groups -OCH3 is 1. The molecule has 0 aliphatic rings. The van der Waals surface area contributed by atoms with Crippen LogP contribution in [-0.4, -0.2) is 38.8 Å². The molecule has 0 saturated carbocycles. The lowest BCUT2D eigenvalue weighted by atomic mass is 10.2. The molecule has 2 rings (SSSR count). The van der Waals surface area contributed by atoms with E-state index in [2.05, 4.69) is 5.32 Å². The van der Waals surface area contributed by atoms with Gasteiger partial charge >= 0.3 is 0 Å². The highest BCUT2D eigenvalue weighted by molar-refractivity contribution is 7.89. The molecule has 0 aliphatic heterocycles. The van der Waals surface area contributed by atoms with Crippen molar-refractivity contribution < 1.29 is 22.3 Å². The molecule has 0 fully saturated rings. The third-order valence-electron chi connectivity index (χ3n) is 3.75. The number of hydrogen-bond donors (Lipinski definition) is 1. The summed E-state index contributed by atoms with van der Waals surface area (Å²) in [5.74, 6) is -0.550. The second-order valence-corrected chi connectivity index (χ2v) is 7.57. The molecule has 0 spiro atoms. The molecule has 0 bridgehead atoms. The highest BCUT2D eigenvalue weighted by Gasteiger charge is 2.25. The lowest BCUT2D eigenvalue weighted by Crippen LogP contribution is -2.37. The van der Waals surface area contributed by atoms with Gasteiger partial charge in [-0.25, -0.2) is 12.8 Å². The summed E-state index contributed by atoms with van der Waals surface area (Å²) >= 11 is 0. The Morgan fingerprint density at radius 1 is 1.19 bits per heavy atom. The van der Waals surface area contributed by atoms with Gasteiger partial charge in [-0.1, -0.05) is 13.0 Å². The molecule has 0 radical (unpaired) electrons. The maximum absolute atomic E-state index is 13.0. The van der Waals surface area contributed by atoms with E-state index >= 15 is 0 Å². The molecule has 0 aliphatic carbocycles. The molecule has 1 N–H and O–H groups in total. The summed E-state index contributed by atoms with van der Waals surface area (Å²) in [5, 5.41) is 2.67. The molecule has 0 unspecified atom stereocenters. The highest BCUT2D eigenvalue weighted by atomic mass is 32.2. The zero-order valence-electron chi connectivity index (χ0n) is 14.8. The van der Waals surface area contributed by atoms with Crippen LogP contribution >= 0.6 is 0 Å². The summed E-state index contributed by atoms with van der Waals surface area (Å²) in [5.41, 5.74) is 1.39. The van der Waals surface area contributed by atoms with Crippen LogP contribution in [0.4, 0.5) is 10.1 Å². The van der Waals surface area contributed by atoms with E-state index in [1.165, 1.54) is 19.2 Å². The summed E-state index contributed by atoms with van der Waals surface area (Å²) < 4.78 is 44.5. The van der Waals surface area contributed by atoms with Crippen molar-refractivity contribution in [3.8, 4) is 5.75 Å². The smallest absolute Gasteiger partial charge is 0.243 e. The Morgan fingerprint density at radius 3 is 2.42 bits per heavy atom. The molecule has 0 saturated heterocycles. The van der Waals surface area contributed by atoms with Crippen LogP contribution in [0.2, 0.25) is 0 Å². The first-order valence-corrected chi connectivity index (χ1v) is 9.42. The minimum atomic E-state index is -3.90. The van der Waals surface area contributed by atoms with Crippen LogP contribution in [0.5, 0.6) is 5.75 Å². The van der Waals surface area contributed by atoms with Crippen molar-refractivity contribution in [1.29, 1.82) is 0 Å². The van der Waals surface area contributed by atoms with Crippen LogP contribution in [0.15, 0.2) is 47.4 Å². The van der Waals surface area contributed by atoms with E-state index < -0.39 is 21.7 Å². The number of carbonyl (C=O) groups is 1. The third-order valence-corrected chi connectivity index (χ3v) is 5.69. The van der Waals surface area contributed by atoms with Crippen molar-refractivity contribution in [3.63, 3.8) is 0 Å². The Kier molecular flexibility index (Phi) is 6.33. The highest BCUT2D eigenvalue weighted by Crippen LogP contribution is 2.25. The summed E-state index contributed by atoms with van der Waals surface area (Å²) in [6.45, 7) is 3.22. The van der Waals surface area contributed by atoms with Crippen LogP contribution in [-0.2, 0) is 14.8 Å². The van der Waals surface area contributed by atoms with Gasteiger partial charge in [-0.05, 0) is 48.9 Å². The number of nitrogens with one attached hydrogen (secondary N) is 1. The third kappa shape index (κ3) is 4.59. The summed E-state index contributed by atoms with van der Waals surface area (Å²) in [4.78, 5) is 12.3. The molecule has 0 aromatic heterocycles. The molecular formula is C18H21FN2O4S. The molecular weight excluding hydrogens is 359 g/mol. The van der Waals surface area contributed by atoms with E-state index in [1.54, 1.807) is 19.1 Å². The lowest BCUT2D eigenvalue weighted by Gasteiger charge is -2.20. The number of halogens is 1. The van der Waals surface area contributed by atoms with E-state index in [0.29, 0.717) is 11.4 Å². The normalized spacial score (nSPS) is 11.4. The summed E-state index contributed by atoms with van der Waals surface area (Å²) in [6.07, 6.45) is 0. The van der Waals surface area contributed by atoms with Crippen molar-refractivity contribution in [3.05, 3.63) is 53.8 Å². The molecule has 0 heterocycles. The Hall–Kier alpha value is -2.45. The number of likely N-dealkylation sites (N-methyl/N-ethyl adjacent to an activating group) is 1. The number of rotatable bonds is 7. The average Bonchev–Trinajstić information content (AvgIpc) is 2.60. The largest absolute Gasteiger partial charge is 0.495 e. The minimum absolute atomic E-state index is 0.0679. The van der Waals surface area contributed by atoms with Crippen LogP contribution in [0.1, 0.15) is 12.5 Å². The van der Waals surface area contributed by atoms with Gasteiger partial charge in [0, 0.05) is 6.54 Å². The number of benzene rings is 2. The number of carbonyl (C=O) groups excluding carboxylic acids is 1. The van der Waals surface area contributed by atoms with Crippen molar-refractivity contribution in [2.24, 2.45) is 0 Å². The minimum Gasteiger partial charge on any atom is -0.495 e. The predicted octanol–water partition coefficient (Wildman–Crippen LogP) is 2.79. The van der Waals surface area contributed by atoms with E-state index in [0.717, 1.165) is 22.0 Å². The molecule has 26 heavy (non-hydrogen) atoms. The quantitative estimate of drug-likeness (QED) is 0.801. The number of sulfonamides is 1. The SMILES string of the molecule is CCN(CC(=O)Nc1cc(C)ccc1OC)S(=O)(=O)c1ccc(F)cc1. The number of hydrogen-bond acceptors (Lipinski definition) is 4. The second-order valence-electron chi connectivity index (χ2n) is 5.64. The Labute approximate surface area is 152 Å². The van der Waals surface area contributed by atoms with Gasteiger partial charge in [-0.3, -0.25) is 4.79 Å². The molecule has 140 valence electrons. The first kappa shape index (κ1) is 19.9. The molecule has 6 nitrogen and oxygen atoms in total. The van der Waals surface area contributed by atoms with Gasteiger partial charge in [0.2, 0.25) is 15.9 Å². The molecule has 1 amide bonds. The number of amides is 1. The topological polar surface area (TPSA) is 75.7 Å². The van der Waals surface area contributed by atoms with E-state index in [1.807, 2.05) is 13.0 Å². The standard InChI is InChI=1S/C18H21FN2O4S/c1-4-21(26(23,24)15-8-6-14(19)7-9-15)12-18(22)20-16-11-13(2)5-10-17(16)25-3/h5-11H,4,12H2,1-3H3,(H,20,22). The Morgan fingerprint density at radius 2 is 1.85 bits per heavy atom. The maximum atomic E-state index is 13.0. The monoisotopic (exact) mass is 380 g/mol. The predicted molar refractivity (Wildman–Crippen MR) is 97.2 cm³/mol. The molecule has 2 aromatic rings. The number of nitrogens with zero attached hydrogens (tertiary/aromatic N) is 1. The van der Waals surface area contributed by atoms with Gasteiger partial charge in [0.05, 0.1) is 24.2 Å². The average molecular weight is 380 g/mol. The fourth-order valence-corrected chi connectivity index (χ4v) is 3.80. The number of aryl methyl sites for hydroxylation is 1. The zero-order chi connectivity index (χ0) is 19.3. The second kappa shape index (κ2) is 8.29. The number of anilines is 1. The van der Waals surface area contributed by atoms with Gasteiger partial charge in [0.25, 0.3) is 0 Å². The van der Waals surface area contributed by atoms with Crippen molar-refractivity contribution in [2.45, 2.75) is 18.7 Å². The van der Waals surface area contributed by atoms with Crippen molar-refractivity contribution in [2.75, 3.05) is 25.5 Å².